The molecule has 3 fully saturated rings. The number of hydrogen-bond acceptors (Lipinski definition) is 4. The molecule has 6 rings (SSSR count). The summed E-state index contributed by atoms with van der Waals surface area (Å²) in [6.07, 6.45) is 16.3. The normalized spacial score (nSPS) is 46.6. The molecule has 3 saturated carbocycles. The topological polar surface area (TPSA) is 75.8 Å². The molecule has 0 saturated heterocycles. The molecule has 39 heavy (non-hydrogen) atoms. The molecule has 208 valence electrons. The second-order valence-corrected chi connectivity index (χ2v) is 15.3. The predicted molar refractivity (Wildman–Crippen MR) is 151 cm³/mol. The number of fused-ring (bicyclic) bond motifs is 7. The molecule has 0 spiro atoms. The van der Waals surface area contributed by atoms with Gasteiger partial charge < -0.3 is 4.57 Å². The van der Waals surface area contributed by atoms with E-state index in [4.69, 9.17) is 0 Å². The van der Waals surface area contributed by atoms with Crippen molar-refractivity contribution in [1.82, 2.24) is 9.55 Å². The monoisotopic (exact) mass is 527 g/mol. The first kappa shape index (κ1) is 26.7. The molecule has 0 aromatic carbocycles. The van der Waals surface area contributed by atoms with Gasteiger partial charge in [0.15, 0.2) is 11.6 Å². The van der Waals surface area contributed by atoms with E-state index < -0.39 is 10.8 Å². The van der Waals surface area contributed by atoms with Crippen LogP contribution >= 0.6 is 0 Å². The second kappa shape index (κ2) is 8.27. The molecule has 5 heteroatoms. The number of imidazole rings is 1. The lowest BCUT2D eigenvalue weighted by atomic mass is 9.34. The van der Waals surface area contributed by atoms with Crippen LogP contribution in [0.15, 0.2) is 42.0 Å². The van der Waals surface area contributed by atoms with E-state index in [9.17, 15) is 14.9 Å². The van der Waals surface area contributed by atoms with E-state index >= 15 is 0 Å². The van der Waals surface area contributed by atoms with Crippen LogP contribution in [0.3, 0.4) is 0 Å². The molecule has 5 aliphatic rings. The number of hydrogen-bond donors (Lipinski definition) is 0. The Bertz CT molecular complexity index is 1330. The van der Waals surface area contributed by atoms with Crippen molar-refractivity contribution in [3.63, 3.8) is 0 Å². The maximum atomic E-state index is 14.6. The Morgan fingerprint density at radius 3 is 2.46 bits per heavy atom. The highest BCUT2D eigenvalue weighted by Crippen LogP contribution is 2.74. The van der Waals surface area contributed by atoms with E-state index in [0.29, 0.717) is 17.8 Å². The van der Waals surface area contributed by atoms with E-state index in [1.165, 1.54) is 18.4 Å². The average Bonchev–Trinajstić information content (AvgIpc) is 3.39. The fraction of sp³-hybridized carbons (Fsp3) is 0.706. The zero-order valence-corrected chi connectivity index (χ0v) is 24.9. The Labute approximate surface area is 234 Å². The number of nitriles is 1. The lowest BCUT2D eigenvalue weighted by Crippen LogP contribution is -2.66. The van der Waals surface area contributed by atoms with Crippen molar-refractivity contribution in [2.45, 2.75) is 93.5 Å². The number of carbonyl (C=O) groups excluding carboxylic acids is 2. The van der Waals surface area contributed by atoms with Gasteiger partial charge in [-0.25, -0.2) is 4.98 Å². The second-order valence-electron chi connectivity index (χ2n) is 15.3. The van der Waals surface area contributed by atoms with Crippen molar-refractivity contribution < 1.29 is 9.59 Å². The van der Waals surface area contributed by atoms with E-state index in [-0.39, 0.29) is 45.2 Å². The Balaban J connectivity index is 1.52. The molecule has 0 unspecified atom stereocenters. The maximum Gasteiger partial charge on any atom is 0.178 e. The van der Waals surface area contributed by atoms with Crippen molar-refractivity contribution in [3.05, 3.63) is 42.0 Å². The predicted octanol–water partition coefficient (Wildman–Crippen LogP) is 6.96. The fourth-order valence-electron chi connectivity index (χ4n) is 11.0. The minimum absolute atomic E-state index is 0.0147. The first-order chi connectivity index (χ1) is 18.2. The molecular weight excluding hydrogens is 482 g/mol. The van der Waals surface area contributed by atoms with Gasteiger partial charge in [-0.1, -0.05) is 60.1 Å². The Morgan fingerprint density at radius 1 is 1.05 bits per heavy atom. The summed E-state index contributed by atoms with van der Waals surface area (Å²) >= 11 is 0. The van der Waals surface area contributed by atoms with Crippen LogP contribution in [-0.2, 0) is 16.1 Å². The highest BCUT2D eigenvalue weighted by atomic mass is 16.1. The molecule has 0 bridgehead atoms. The van der Waals surface area contributed by atoms with Gasteiger partial charge in [0.05, 0.1) is 11.9 Å². The molecule has 1 heterocycles. The number of carbonyl (C=O) groups is 2. The van der Waals surface area contributed by atoms with E-state index in [0.717, 1.165) is 32.2 Å². The Morgan fingerprint density at radius 2 is 1.79 bits per heavy atom. The van der Waals surface area contributed by atoms with E-state index in [1.807, 2.05) is 38.5 Å². The van der Waals surface area contributed by atoms with Crippen LogP contribution in [0.5, 0.6) is 0 Å². The van der Waals surface area contributed by atoms with Gasteiger partial charge >= 0.3 is 0 Å². The summed E-state index contributed by atoms with van der Waals surface area (Å²) in [5, 5.41) is 9.93. The fourth-order valence-corrected chi connectivity index (χ4v) is 11.0. The Hall–Kier alpha value is -2.48. The SMILES string of the molecule is C[C@@H]1[C@H]2[C@H]3C(=O)C=C4[C@@]5(C)C=C(C#N)C(=O)C(C)(C)[C@@H]5CC[C@@]4(C)[C@]3(C)CC[C@@]2(Cn2ccnc2)CC[C@H]1C. The molecule has 0 amide bonds. The molecule has 9 atom stereocenters. The third-order valence-electron chi connectivity index (χ3n) is 13.5. The van der Waals surface area contributed by atoms with Crippen molar-refractivity contribution >= 4 is 11.6 Å². The minimum Gasteiger partial charge on any atom is -0.337 e. The van der Waals surface area contributed by atoms with Gasteiger partial charge in [-0.2, -0.15) is 5.26 Å². The lowest BCUT2D eigenvalue weighted by Gasteiger charge is -2.69. The van der Waals surface area contributed by atoms with E-state index in [2.05, 4.69) is 56.4 Å². The molecule has 1 aromatic heterocycles. The largest absolute Gasteiger partial charge is 0.337 e. The lowest BCUT2D eigenvalue weighted by molar-refractivity contribution is -0.179. The highest BCUT2D eigenvalue weighted by Gasteiger charge is 2.70. The smallest absolute Gasteiger partial charge is 0.178 e. The zero-order chi connectivity index (χ0) is 28.2. The number of ketones is 2. The van der Waals surface area contributed by atoms with Crippen LogP contribution in [-0.4, -0.2) is 21.1 Å². The first-order valence-corrected chi connectivity index (χ1v) is 15.2. The quantitative estimate of drug-likeness (QED) is 0.417. The molecular formula is C34H45N3O2. The van der Waals surface area contributed by atoms with Gasteiger partial charge in [-0.15, -0.1) is 0 Å². The highest BCUT2D eigenvalue weighted by molar-refractivity contribution is 6.04. The van der Waals surface area contributed by atoms with Gasteiger partial charge in [0.1, 0.15) is 6.07 Å². The number of rotatable bonds is 2. The van der Waals surface area contributed by atoms with Crippen molar-refractivity contribution in [2.24, 2.45) is 56.7 Å². The zero-order valence-electron chi connectivity index (χ0n) is 24.9. The summed E-state index contributed by atoms with van der Waals surface area (Å²) in [5.41, 5.74) is 0.119. The number of nitrogens with zero attached hydrogens (tertiary/aromatic N) is 3. The molecule has 5 nitrogen and oxygen atoms in total. The first-order valence-electron chi connectivity index (χ1n) is 15.2. The molecule has 5 aliphatic carbocycles. The molecule has 0 N–H and O–H groups in total. The summed E-state index contributed by atoms with van der Waals surface area (Å²) < 4.78 is 2.25. The summed E-state index contributed by atoms with van der Waals surface area (Å²) in [5.74, 6) is 1.70. The molecule has 1 aromatic rings. The molecule has 0 aliphatic heterocycles. The van der Waals surface area contributed by atoms with Gasteiger partial charge in [0.2, 0.25) is 0 Å². The van der Waals surface area contributed by atoms with Crippen LogP contribution in [0.25, 0.3) is 0 Å². The van der Waals surface area contributed by atoms with Crippen LogP contribution in [0.2, 0.25) is 0 Å². The summed E-state index contributed by atoms with van der Waals surface area (Å²) in [6.45, 7) is 16.8. The average molecular weight is 528 g/mol. The van der Waals surface area contributed by atoms with Crippen molar-refractivity contribution in [3.8, 4) is 6.07 Å². The van der Waals surface area contributed by atoms with Crippen LogP contribution in [0.4, 0.5) is 0 Å². The standard InChI is InChI=1S/C34H45N3O2/c1-21-8-11-34(19-37-15-14-36-20-37)13-12-33(7)28(27(34)22(21)2)24(38)16-26-31(5)17-23(18-35)29(39)30(3,4)25(31)9-10-32(26,33)6/h14-17,20-22,25,27-28H,8-13,19H2,1-7H3/t21-,22+,25+,27+,28-,31+,32-,33-,34-/m1/s1. The maximum absolute atomic E-state index is 14.6. The Kier molecular flexibility index (Phi) is 5.67. The number of Topliss-reactive ketones (excluding diaryl/α,β-unsaturated/α-hetero) is 1. The summed E-state index contributed by atoms with van der Waals surface area (Å²) in [7, 11) is 0. The minimum atomic E-state index is -0.628. The summed E-state index contributed by atoms with van der Waals surface area (Å²) in [6, 6.07) is 2.22. The van der Waals surface area contributed by atoms with Crippen LogP contribution in [0.1, 0.15) is 87.0 Å². The van der Waals surface area contributed by atoms with Gasteiger partial charge in [0, 0.05) is 35.7 Å². The van der Waals surface area contributed by atoms with Crippen molar-refractivity contribution in [1.29, 1.82) is 5.26 Å². The van der Waals surface area contributed by atoms with Gasteiger partial charge in [-0.3, -0.25) is 9.59 Å². The van der Waals surface area contributed by atoms with Crippen molar-refractivity contribution in [2.75, 3.05) is 0 Å². The van der Waals surface area contributed by atoms with Crippen LogP contribution in [0, 0.1) is 68.0 Å². The van der Waals surface area contributed by atoms with E-state index in [1.54, 1.807) is 0 Å². The third kappa shape index (κ3) is 3.27. The summed E-state index contributed by atoms with van der Waals surface area (Å²) in [4.78, 5) is 32.2. The molecule has 0 radical (unpaired) electrons. The van der Waals surface area contributed by atoms with Gasteiger partial charge in [-0.05, 0) is 84.5 Å². The number of allylic oxidation sites excluding steroid dienone is 4. The van der Waals surface area contributed by atoms with Crippen LogP contribution < -0.4 is 0 Å². The third-order valence-corrected chi connectivity index (χ3v) is 13.5. The number of aromatic nitrogens is 2. The van der Waals surface area contributed by atoms with Gasteiger partial charge in [0.25, 0.3) is 0 Å².